The lowest BCUT2D eigenvalue weighted by molar-refractivity contribution is 0.0527. The molecule has 0 saturated carbocycles. The Morgan fingerprint density at radius 3 is 2.81 bits per heavy atom. The van der Waals surface area contributed by atoms with Crippen LogP contribution >= 0.6 is 23.7 Å². The molecule has 3 N–H and O–H groups in total. The number of hydrogen-bond donors (Lipinski definition) is 3. The van der Waals surface area contributed by atoms with Gasteiger partial charge in [0.25, 0.3) is 5.91 Å². The van der Waals surface area contributed by atoms with Crippen molar-refractivity contribution < 1.29 is 14.3 Å². The summed E-state index contributed by atoms with van der Waals surface area (Å²) < 4.78 is 5.17. The second-order valence-electron chi connectivity index (χ2n) is 5.83. The minimum Gasteiger partial charge on any atom is -0.462 e. The molecule has 3 rings (SSSR count). The highest BCUT2D eigenvalue weighted by molar-refractivity contribution is 7.16. The molecule has 0 radical (unpaired) electrons. The number of H-pyrrole nitrogens is 1. The van der Waals surface area contributed by atoms with Crippen molar-refractivity contribution in [1.29, 1.82) is 0 Å². The summed E-state index contributed by atoms with van der Waals surface area (Å²) in [6.45, 7) is 7.48. The zero-order valence-corrected chi connectivity index (χ0v) is 16.7. The number of hydrogen-bond acceptors (Lipinski definition) is 6. The second kappa shape index (κ2) is 8.66. The highest BCUT2D eigenvalue weighted by Gasteiger charge is 2.26. The van der Waals surface area contributed by atoms with Gasteiger partial charge in [0.05, 0.1) is 12.2 Å². The minimum atomic E-state index is -0.398. The van der Waals surface area contributed by atoms with Gasteiger partial charge in [-0.3, -0.25) is 9.89 Å². The Morgan fingerprint density at radius 1 is 1.35 bits per heavy atom. The first-order valence-electron chi connectivity index (χ1n) is 8.44. The number of carbonyl (C=O) groups is 2. The van der Waals surface area contributed by atoms with E-state index in [4.69, 9.17) is 4.74 Å². The van der Waals surface area contributed by atoms with E-state index in [0.29, 0.717) is 35.8 Å². The van der Waals surface area contributed by atoms with Crippen molar-refractivity contribution in [2.24, 2.45) is 0 Å². The molecule has 0 bridgehead atoms. The number of thiophene rings is 1. The smallest absolute Gasteiger partial charge is 0.341 e. The van der Waals surface area contributed by atoms with Crippen molar-refractivity contribution >= 4 is 40.6 Å². The number of anilines is 1. The molecule has 1 amide bonds. The molecule has 0 spiro atoms. The third kappa shape index (κ3) is 3.77. The van der Waals surface area contributed by atoms with Crippen LogP contribution in [0, 0.1) is 6.92 Å². The molecule has 2 aromatic heterocycles. The van der Waals surface area contributed by atoms with E-state index < -0.39 is 5.97 Å². The number of aromatic nitrogens is 2. The average molecular weight is 399 g/mol. The van der Waals surface area contributed by atoms with Gasteiger partial charge in [0.2, 0.25) is 0 Å². The molecule has 0 atom stereocenters. The van der Waals surface area contributed by atoms with Gasteiger partial charge in [0.15, 0.2) is 5.69 Å². The number of nitrogens with zero attached hydrogens (tertiary/aromatic N) is 1. The number of esters is 1. The predicted octanol–water partition coefficient (Wildman–Crippen LogP) is 2.84. The normalized spacial score (nSPS) is 12.9. The number of ether oxygens (including phenoxy) is 1. The van der Waals surface area contributed by atoms with E-state index >= 15 is 0 Å². The first-order chi connectivity index (χ1) is 12.1. The van der Waals surface area contributed by atoms with Crippen molar-refractivity contribution in [3.05, 3.63) is 33.0 Å². The Hall–Kier alpha value is -1.90. The quantitative estimate of drug-likeness (QED) is 0.673. The van der Waals surface area contributed by atoms with Crippen LogP contribution < -0.4 is 10.6 Å². The van der Waals surface area contributed by atoms with E-state index in [0.717, 1.165) is 34.7 Å². The summed E-state index contributed by atoms with van der Waals surface area (Å²) in [6, 6.07) is 0. The lowest BCUT2D eigenvalue weighted by Crippen LogP contribution is -2.25. The van der Waals surface area contributed by atoms with Crippen LogP contribution in [-0.2, 0) is 24.1 Å². The number of aromatic amines is 1. The topological polar surface area (TPSA) is 96.1 Å². The molecule has 26 heavy (non-hydrogen) atoms. The first-order valence-corrected chi connectivity index (χ1v) is 9.25. The Balaban J connectivity index is 0.00000243. The molecule has 9 heteroatoms. The molecule has 3 heterocycles. The van der Waals surface area contributed by atoms with Gasteiger partial charge in [-0.2, -0.15) is 5.10 Å². The Bertz CT molecular complexity index is 815. The fourth-order valence-corrected chi connectivity index (χ4v) is 4.22. The Labute approximate surface area is 162 Å². The molecule has 0 unspecified atom stereocenters. The van der Waals surface area contributed by atoms with Gasteiger partial charge in [-0.05, 0) is 25.8 Å². The van der Waals surface area contributed by atoms with E-state index in [1.165, 1.54) is 11.3 Å². The third-order valence-electron chi connectivity index (χ3n) is 4.29. The molecule has 1 aliphatic heterocycles. The molecule has 2 aromatic rings. The van der Waals surface area contributed by atoms with Crippen molar-refractivity contribution in [2.75, 3.05) is 18.5 Å². The minimum absolute atomic E-state index is 0. The molecular weight excluding hydrogens is 376 g/mol. The molecular formula is C17H23ClN4O3S. The van der Waals surface area contributed by atoms with Crippen molar-refractivity contribution in [2.45, 2.75) is 40.2 Å². The fourth-order valence-electron chi connectivity index (χ4n) is 3.09. The summed E-state index contributed by atoms with van der Waals surface area (Å²) >= 11 is 1.40. The molecule has 7 nitrogen and oxygen atoms in total. The predicted molar refractivity (Wildman–Crippen MR) is 104 cm³/mol. The zero-order valence-electron chi connectivity index (χ0n) is 15.0. The van der Waals surface area contributed by atoms with Crippen molar-refractivity contribution in [3.8, 4) is 0 Å². The maximum absolute atomic E-state index is 12.7. The standard InChI is InChI=1S/C17H22N4O3S.ClH/c1-4-10-9(3)25-16(13(10)17(23)24-5-2)19-15(22)14-11-8-18-7-6-12(11)20-21-14;/h18H,4-8H2,1-3H3,(H,19,22)(H,20,21);1H. The van der Waals surface area contributed by atoms with Gasteiger partial charge >= 0.3 is 5.97 Å². The summed E-state index contributed by atoms with van der Waals surface area (Å²) in [5.41, 5.74) is 3.64. The summed E-state index contributed by atoms with van der Waals surface area (Å²) in [7, 11) is 0. The Kier molecular flexibility index (Phi) is 6.80. The van der Waals surface area contributed by atoms with E-state index in [1.54, 1.807) is 6.92 Å². The summed E-state index contributed by atoms with van der Waals surface area (Å²) in [5.74, 6) is -0.708. The van der Waals surface area contributed by atoms with E-state index in [9.17, 15) is 9.59 Å². The highest BCUT2D eigenvalue weighted by atomic mass is 35.5. The molecule has 142 valence electrons. The highest BCUT2D eigenvalue weighted by Crippen LogP contribution is 2.34. The van der Waals surface area contributed by atoms with Crippen LogP contribution in [0.2, 0.25) is 0 Å². The number of halogens is 1. The number of nitrogens with one attached hydrogen (secondary N) is 3. The largest absolute Gasteiger partial charge is 0.462 e. The van der Waals surface area contributed by atoms with Crippen molar-refractivity contribution in [1.82, 2.24) is 15.5 Å². The number of aryl methyl sites for hydroxylation is 1. The number of fused-ring (bicyclic) bond motifs is 1. The third-order valence-corrected chi connectivity index (χ3v) is 5.35. The lowest BCUT2D eigenvalue weighted by atomic mass is 10.1. The van der Waals surface area contributed by atoms with Crippen LogP contribution in [0.1, 0.15) is 56.4 Å². The maximum Gasteiger partial charge on any atom is 0.341 e. The monoisotopic (exact) mass is 398 g/mol. The van der Waals surface area contributed by atoms with Gasteiger partial charge in [0, 0.05) is 35.6 Å². The fraction of sp³-hybridized carbons (Fsp3) is 0.471. The SMILES string of the molecule is CCOC(=O)c1c(NC(=O)c2n[nH]c3c2CNCC3)sc(C)c1CC.Cl. The molecule has 0 fully saturated rings. The lowest BCUT2D eigenvalue weighted by Gasteiger charge is -2.13. The van der Waals surface area contributed by atoms with Crippen LogP contribution in [0.4, 0.5) is 5.00 Å². The summed E-state index contributed by atoms with van der Waals surface area (Å²) in [5, 5.41) is 13.7. The van der Waals surface area contributed by atoms with Crippen LogP contribution in [0.5, 0.6) is 0 Å². The van der Waals surface area contributed by atoms with Gasteiger partial charge in [0.1, 0.15) is 5.00 Å². The van der Waals surface area contributed by atoms with Crippen LogP contribution in [0.3, 0.4) is 0 Å². The number of rotatable bonds is 5. The van der Waals surface area contributed by atoms with Gasteiger partial charge in [-0.1, -0.05) is 6.92 Å². The van der Waals surface area contributed by atoms with E-state index in [1.807, 2.05) is 13.8 Å². The van der Waals surface area contributed by atoms with Crippen LogP contribution in [0.25, 0.3) is 0 Å². The van der Waals surface area contributed by atoms with Gasteiger partial charge < -0.3 is 15.4 Å². The average Bonchev–Trinajstić information content (AvgIpc) is 3.15. The first kappa shape index (κ1) is 20.4. The summed E-state index contributed by atoms with van der Waals surface area (Å²) in [4.78, 5) is 26.1. The number of carbonyl (C=O) groups excluding carboxylic acids is 2. The molecule has 0 aliphatic carbocycles. The van der Waals surface area contributed by atoms with Gasteiger partial charge in [-0.15, -0.1) is 23.7 Å². The second-order valence-corrected chi connectivity index (χ2v) is 7.05. The van der Waals surface area contributed by atoms with E-state index in [-0.39, 0.29) is 18.3 Å². The van der Waals surface area contributed by atoms with Crippen LogP contribution in [-0.4, -0.2) is 35.2 Å². The van der Waals surface area contributed by atoms with Gasteiger partial charge in [-0.25, -0.2) is 4.79 Å². The molecule has 1 aliphatic rings. The zero-order chi connectivity index (χ0) is 18.0. The number of amides is 1. The van der Waals surface area contributed by atoms with Crippen molar-refractivity contribution in [3.63, 3.8) is 0 Å². The molecule has 0 saturated heterocycles. The molecule has 0 aromatic carbocycles. The Morgan fingerprint density at radius 2 is 2.12 bits per heavy atom. The van der Waals surface area contributed by atoms with Crippen LogP contribution in [0.15, 0.2) is 0 Å². The maximum atomic E-state index is 12.7. The summed E-state index contributed by atoms with van der Waals surface area (Å²) in [6.07, 6.45) is 1.52. The van der Waals surface area contributed by atoms with E-state index in [2.05, 4.69) is 20.8 Å².